The zero-order valence-electron chi connectivity index (χ0n) is 17.1. The van der Waals surface area contributed by atoms with Crippen molar-refractivity contribution in [3.05, 3.63) is 76.2 Å². The number of ketones is 1. The molecule has 0 radical (unpaired) electrons. The number of rotatable bonds is 4. The van der Waals surface area contributed by atoms with Crippen LogP contribution in [0.4, 0.5) is 5.95 Å². The summed E-state index contributed by atoms with van der Waals surface area (Å²) in [6.45, 7) is 0. The van der Waals surface area contributed by atoms with Gasteiger partial charge in [-0.3, -0.25) is 4.79 Å². The minimum atomic E-state index is -0.402. The number of nitrogens with one attached hydrogen (secondary N) is 1. The molecule has 158 valence electrons. The summed E-state index contributed by atoms with van der Waals surface area (Å²) in [4.78, 5) is 17.8. The molecule has 1 aliphatic carbocycles. The SMILES string of the molecule is COc1ccc([C@H]2CC(=O)C3=C(C2)Nc2ncnn2[C@@H]3c2ccccc2Cl)cc1OC. The zero-order chi connectivity index (χ0) is 21.5. The molecule has 31 heavy (non-hydrogen) atoms. The maximum absolute atomic E-state index is 13.5. The third-order valence-corrected chi connectivity index (χ3v) is 6.28. The molecule has 1 N–H and O–H groups in total. The topological polar surface area (TPSA) is 78.3 Å². The summed E-state index contributed by atoms with van der Waals surface area (Å²) in [7, 11) is 3.22. The van der Waals surface area contributed by atoms with E-state index in [1.807, 2.05) is 42.5 Å². The van der Waals surface area contributed by atoms with Crippen LogP contribution in [0.1, 0.15) is 35.9 Å². The molecular formula is C23H21ClN4O3. The van der Waals surface area contributed by atoms with Crippen molar-refractivity contribution in [1.82, 2.24) is 14.8 Å². The lowest BCUT2D eigenvalue weighted by molar-refractivity contribution is -0.116. The van der Waals surface area contributed by atoms with Gasteiger partial charge in [0.15, 0.2) is 17.3 Å². The third kappa shape index (κ3) is 3.25. The van der Waals surface area contributed by atoms with Crippen LogP contribution in [0.25, 0.3) is 0 Å². The second-order valence-corrected chi connectivity index (χ2v) is 8.02. The smallest absolute Gasteiger partial charge is 0.226 e. The minimum absolute atomic E-state index is 0.0138. The molecule has 8 heteroatoms. The first-order valence-electron chi connectivity index (χ1n) is 9.99. The fraction of sp³-hybridized carbons (Fsp3) is 0.261. The summed E-state index contributed by atoms with van der Waals surface area (Å²) >= 11 is 6.51. The standard InChI is InChI=1S/C23H21ClN4O3/c1-30-19-8-7-13(11-20(19)31-2)14-9-17-21(18(29)10-14)22(15-5-3-4-6-16(15)24)28-23(27-17)25-12-26-28/h3-8,11-12,14,22H,9-10H2,1-2H3,(H,25,26,27)/t14-,22-/m1/s1. The molecule has 1 aromatic heterocycles. The summed E-state index contributed by atoms with van der Waals surface area (Å²) in [5, 5.41) is 8.29. The molecule has 0 bridgehead atoms. The van der Waals surface area contributed by atoms with E-state index in [-0.39, 0.29) is 11.7 Å². The number of hydrogen-bond donors (Lipinski definition) is 1. The average molecular weight is 437 g/mol. The van der Waals surface area contributed by atoms with Gasteiger partial charge in [0, 0.05) is 28.3 Å². The first kappa shape index (κ1) is 19.6. The predicted molar refractivity (Wildman–Crippen MR) is 117 cm³/mol. The number of methoxy groups -OCH3 is 2. The predicted octanol–water partition coefficient (Wildman–Crippen LogP) is 4.36. The molecule has 0 amide bonds. The normalized spacial score (nSPS) is 20.0. The van der Waals surface area contributed by atoms with Crippen molar-refractivity contribution in [3.63, 3.8) is 0 Å². The fourth-order valence-electron chi connectivity index (χ4n) is 4.48. The lowest BCUT2D eigenvalue weighted by atomic mass is 9.78. The number of fused-ring (bicyclic) bond motifs is 1. The Labute approximate surface area is 184 Å². The van der Waals surface area contributed by atoms with Gasteiger partial charge in [-0.2, -0.15) is 10.1 Å². The van der Waals surface area contributed by atoms with Gasteiger partial charge in [-0.1, -0.05) is 35.9 Å². The van der Waals surface area contributed by atoms with Gasteiger partial charge in [0.25, 0.3) is 0 Å². The Balaban J connectivity index is 1.57. The Hall–Kier alpha value is -3.32. The Bertz CT molecular complexity index is 1200. The van der Waals surface area contributed by atoms with E-state index in [1.165, 1.54) is 6.33 Å². The van der Waals surface area contributed by atoms with Gasteiger partial charge in [-0.15, -0.1) is 0 Å². The number of carbonyl (C=O) groups excluding carboxylic acids is 1. The van der Waals surface area contributed by atoms with Crippen molar-refractivity contribution in [2.24, 2.45) is 0 Å². The molecule has 2 atom stereocenters. The van der Waals surface area contributed by atoms with E-state index >= 15 is 0 Å². The average Bonchev–Trinajstić information content (AvgIpc) is 3.26. The maximum atomic E-state index is 13.5. The molecule has 0 unspecified atom stereocenters. The maximum Gasteiger partial charge on any atom is 0.226 e. The molecule has 0 saturated carbocycles. The molecule has 0 saturated heterocycles. The van der Waals surface area contributed by atoms with Crippen LogP contribution in [-0.2, 0) is 4.79 Å². The van der Waals surface area contributed by atoms with Crippen LogP contribution in [0.15, 0.2) is 60.1 Å². The van der Waals surface area contributed by atoms with E-state index in [9.17, 15) is 4.79 Å². The molecule has 1 aliphatic heterocycles. The lowest BCUT2D eigenvalue weighted by Crippen LogP contribution is -2.33. The highest BCUT2D eigenvalue weighted by atomic mass is 35.5. The van der Waals surface area contributed by atoms with E-state index in [0.29, 0.717) is 40.9 Å². The number of allylic oxidation sites excluding steroid dienone is 2. The second kappa shape index (κ2) is 7.74. The van der Waals surface area contributed by atoms with Gasteiger partial charge in [0.05, 0.1) is 14.2 Å². The van der Waals surface area contributed by atoms with Crippen LogP contribution in [0, 0.1) is 0 Å². The summed E-state index contributed by atoms with van der Waals surface area (Å²) in [6.07, 6.45) is 2.55. The van der Waals surface area contributed by atoms with Gasteiger partial charge in [-0.25, -0.2) is 4.68 Å². The van der Waals surface area contributed by atoms with Crippen LogP contribution < -0.4 is 14.8 Å². The van der Waals surface area contributed by atoms with Crippen LogP contribution in [-0.4, -0.2) is 34.8 Å². The first-order chi connectivity index (χ1) is 15.1. The first-order valence-corrected chi connectivity index (χ1v) is 10.4. The molecular weight excluding hydrogens is 416 g/mol. The Morgan fingerprint density at radius 3 is 2.68 bits per heavy atom. The monoisotopic (exact) mass is 436 g/mol. The van der Waals surface area contributed by atoms with E-state index < -0.39 is 6.04 Å². The number of ether oxygens (including phenoxy) is 2. The van der Waals surface area contributed by atoms with Crippen molar-refractivity contribution in [2.75, 3.05) is 19.5 Å². The van der Waals surface area contributed by atoms with Crippen molar-refractivity contribution in [2.45, 2.75) is 24.8 Å². The molecule has 5 rings (SSSR count). The van der Waals surface area contributed by atoms with Gasteiger partial charge >= 0.3 is 0 Å². The van der Waals surface area contributed by atoms with Gasteiger partial charge < -0.3 is 14.8 Å². The van der Waals surface area contributed by atoms with Crippen LogP contribution in [0.5, 0.6) is 11.5 Å². The lowest BCUT2D eigenvalue weighted by Gasteiger charge is -2.35. The Kier molecular flexibility index (Phi) is 4.90. The summed E-state index contributed by atoms with van der Waals surface area (Å²) in [5.74, 6) is 2.00. The summed E-state index contributed by atoms with van der Waals surface area (Å²) < 4.78 is 12.5. The number of anilines is 1. The second-order valence-electron chi connectivity index (χ2n) is 7.61. The van der Waals surface area contributed by atoms with Crippen molar-refractivity contribution in [3.8, 4) is 11.5 Å². The zero-order valence-corrected chi connectivity index (χ0v) is 17.9. The van der Waals surface area contributed by atoms with Crippen LogP contribution in [0.2, 0.25) is 5.02 Å². The highest BCUT2D eigenvalue weighted by Gasteiger charge is 2.40. The Morgan fingerprint density at radius 2 is 1.90 bits per heavy atom. The molecule has 0 spiro atoms. The van der Waals surface area contributed by atoms with E-state index in [2.05, 4.69) is 15.4 Å². The highest BCUT2D eigenvalue weighted by molar-refractivity contribution is 6.31. The van der Waals surface area contributed by atoms with Crippen molar-refractivity contribution in [1.29, 1.82) is 0 Å². The molecule has 2 heterocycles. The number of hydrogen-bond acceptors (Lipinski definition) is 6. The number of halogens is 1. The molecule has 0 fully saturated rings. The van der Waals surface area contributed by atoms with Crippen LogP contribution >= 0.6 is 11.6 Å². The highest BCUT2D eigenvalue weighted by Crippen LogP contribution is 2.45. The van der Waals surface area contributed by atoms with Crippen molar-refractivity contribution < 1.29 is 14.3 Å². The summed E-state index contributed by atoms with van der Waals surface area (Å²) in [6, 6.07) is 13.0. The summed E-state index contributed by atoms with van der Waals surface area (Å²) in [5.41, 5.74) is 3.42. The number of Topliss-reactive ketones (excluding diaryl/α,β-unsaturated/α-hetero) is 1. The fourth-order valence-corrected chi connectivity index (χ4v) is 4.72. The van der Waals surface area contributed by atoms with E-state index in [0.717, 1.165) is 16.8 Å². The van der Waals surface area contributed by atoms with E-state index in [1.54, 1.807) is 18.9 Å². The third-order valence-electron chi connectivity index (χ3n) is 5.94. The van der Waals surface area contributed by atoms with E-state index in [4.69, 9.17) is 21.1 Å². The number of aromatic nitrogens is 3. The number of nitrogens with zero attached hydrogens (tertiary/aromatic N) is 3. The van der Waals surface area contributed by atoms with Crippen molar-refractivity contribution >= 4 is 23.3 Å². The molecule has 2 aliphatic rings. The minimum Gasteiger partial charge on any atom is -0.493 e. The Morgan fingerprint density at radius 1 is 1.10 bits per heavy atom. The quantitative estimate of drug-likeness (QED) is 0.654. The molecule has 7 nitrogen and oxygen atoms in total. The number of benzene rings is 2. The largest absolute Gasteiger partial charge is 0.493 e. The number of carbonyl (C=O) groups is 1. The molecule has 2 aromatic carbocycles. The van der Waals surface area contributed by atoms with Gasteiger partial charge in [0.1, 0.15) is 12.4 Å². The molecule has 3 aromatic rings. The van der Waals surface area contributed by atoms with Gasteiger partial charge in [0.2, 0.25) is 5.95 Å². The van der Waals surface area contributed by atoms with Gasteiger partial charge in [-0.05, 0) is 36.1 Å². The van der Waals surface area contributed by atoms with Crippen LogP contribution in [0.3, 0.4) is 0 Å².